The van der Waals surface area contributed by atoms with Crippen molar-refractivity contribution < 1.29 is 18.7 Å². The normalized spacial score (nSPS) is 13.4. The molecule has 0 saturated carbocycles. The van der Waals surface area contributed by atoms with Crippen LogP contribution in [0.5, 0.6) is 0 Å². The molecule has 0 saturated heterocycles. The first-order valence-corrected chi connectivity index (χ1v) is 4.79. The van der Waals surface area contributed by atoms with Crippen molar-refractivity contribution in [3.63, 3.8) is 0 Å². The first-order valence-electron chi connectivity index (χ1n) is 4.79. The van der Waals surface area contributed by atoms with Crippen molar-refractivity contribution in [1.29, 1.82) is 0 Å². The van der Waals surface area contributed by atoms with Gasteiger partial charge in [-0.25, -0.2) is 8.78 Å². The van der Waals surface area contributed by atoms with Gasteiger partial charge in [0.1, 0.15) is 0 Å². The first-order chi connectivity index (χ1) is 7.41. The highest BCUT2D eigenvalue weighted by molar-refractivity contribution is 5.70. The van der Waals surface area contributed by atoms with E-state index in [0.717, 1.165) is 0 Å². The summed E-state index contributed by atoms with van der Waals surface area (Å²) in [6.07, 6.45) is -1.43. The van der Waals surface area contributed by atoms with Crippen molar-refractivity contribution in [2.24, 2.45) is 5.73 Å². The van der Waals surface area contributed by atoms with Gasteiger partial charge >= 0.3 is 0 Å². The van der Waals surface area contributed by atoms with Gasteiger partial charge in [0.15, 0.2) is 0 Å². The highest BCUT2D eigenvalue weighted by Crippen LogP contribution is 2.24. The molecular formula is C11H12F2NO2-. The van der Waals surface area contributed by atoms with Gasteiger partial charge in [-0.15, -0.1) is 0 Å². The second-order valence-corrected chi connectivity index (χ2v) is 3.65. The van der Waals surface area contributed by atoms with Crippen LogP contribution in [0.25, 0.3) is 0 Å². The highest BCUT2D eigenvalue weighted by Gasteiger charge is 2.31. The van der Waals surface area contributed by atoms with Crippen LogP contribution >= 0.6 is 0 Å². The van der Waals surface area contributed by atoms with Crippen LogP contribution < -0.4 is 10.8 Å². The minimum absolute atomic E-state index is 0.443. The van der Waals surface area contributed by atoms with Gasteiger partial charge in [-0.1, -0.05) is 30.3 Å². The van der Waals surface area contributed by atoms with Crippen molar-refractivity contribution in [3.8, 4) is 0 Å². The smallest absolute Gasteiger partial charge is 0.254 e. The monoisotopic (exact) mass is 228 g/mol. The lowest BCUT2D eigenvalue weighted by molar-refractivity contribution is -0.308. The van der Waals surface area contributed by atoms with Crippen LogP contribution in [0, 0.1) is 0 Å². The van der Waals surface area contributed by atoms with E-state index in [9.17, 15) is 18.7 Å². The maximum atomic E-state index is 13.3. The highest BCUT2D eigenvalue weighted by atomic mass is 19.3. The van der Waals surface area contributed by atoms with Crippen LogP contribution in [0.4, 0.5) is 8.78 Å². The van der Waals surface area contributed by atoms with E-state index in [1.54, 1.807) is 30.3 Å². The van der Waals surface area contributed by atoms with Gasteiger partial charge in [-0.2, -0.15) is 0 Å². The third-order valence-electron chi connectivity index (χ3n) is 2.13. The minimum atomic E-state index is -3.14. The standard InChI is InChI=1S/C11H13F2NO2/c12-11(13,7-9(14)10(15)16)6-8-4-2-1-3-5-8/h1-5,9H,6-7,14H2,(H,15,16)/p-1/t9-/m0/s1. The Bertz CT molecular complexity index is 354. The molecule has 1 aromatic carbocycles. The summed E-state index contributed by atoms with van der Waals surface area (Å²) in [5.74, 6) is -4.80. The van der Waals surface area contributed by atoms with Crippen molar-refractivity contribution in [3.05, 3.63) is 35.9 Å². The maximum Gasteiger partial charge on any atom is 0.254 e. The van der Waals surface area contributed by atoms with Crippen LogP contribution in [-0.2, 0) is 11.2 Å². The molecule has 0 fully saturated rings. The molecule has 0 aliphatic heterocycles. The zero-order valence-electron chi connectivity index (χ0n) is 8.53. The molecule has 0 aliphatic rings. The second kappa shape index (κ2) is 5.03. The third kappa shape index (κ3) is 3.94. The lowest BCUT2D eigenvalue weighted by Crippen LogP contribution is -2.45. The van der Waals surface area contributed by atoms with Crippen molar-refractivity contribution in [1.82, 2.24) is 0 Å². The molecule has 16 heavy (non-hydrogen) atoms. The molecule has 0 radical (unpaired) electrons. The number of carboxylic acid groups (broad SMARTS) is 1. The van der Waals surface area contributed by atoms with Gasteiger partial charge in [-0.3, -0.25) is 0 Å². The minimum Gasteiger partial charge on any atom is -0.548 e. The number of nitrogens with two attached hydrogens (primary N) is 1. The second-order valence-electron chi connectivity index (χ2n) is 3.65. The van der Waals surface area contributed by atoms with E-state index in [1.165, 1.54) is 0 Å². The number of hydrogen-bond acceptors (Lipinski definition) is 3. The van der Waals surface area contributed by atoms with E-state index < -0.39 is 30.8 Å². The zero-order chi connectivity index (χ0) is 12.2. The maximum absolute atomic E-state index is 13.3. The van der Waals surface area contributed by atoms with Gasteiger partial charge in [0.05, 0.1) is 12.0 Å². The van der Waals surface area contributed by atoms with E-state index in [4.69, 9.17) is 5.73 Å². The Balaban J connectivity index is 2.61. The quantitative estimate of drug-likeness (QED) is 0.789. The molecule has 2 N–H and O–H groups in total. The lowest BCUT2D eigenvalue weighted by Gasteiger charge is -2.21. The number of carboxylic acids is 1. The van der Waals surface area contributed by atoms with E-state index in [0.29, 0.717) is 5.56 Å². The van der Waals surface area contributed by atoms with Crippen molar-refractivity contribution >= 4 is 5.97 Å². The van der Waals surface area contributed by atoms with E-state index in [1.807, 2.05) is 0 Å². The summed E-state index contributed by atoms with van der Waals surface area (Å²) in [5.41, 5.74) is 5.46. The van der Waals surface area contributed by atoms with Gasteiger partial charge in [0, 0.05) is 12.8 Å². The van der Waals surface area contributed by atoms with Crippen molar-refractivity contribution in [2.45, 2.75) is 24.8 Å². The Labute approximate surface area is 91.9 Å². The zero-order valence-corrected chi connectivity index (χ0v) is 8.53. The number of benzene rings is 1. The van der Waals surface area contributed by atoms with Crippen LogP contribution in [0.1, 0.15) is 12.0 Å². The topological polar surface area (TPSA) is 66.2 Å². The molecule has 0 aliphatic carbocycles. The van der Waals surface area contributed by atoms with E-state index in [-0.39, 0.29) is 0 Å². The average molecular weight is 228 g/mol. The lowest BCUT2D eigenvalue weighted by atomic mass is 10.0. The molecule has 0 heterocycles. The predicted molar refractivity (Wildman–Crippen MR) is 52.7 cm³/mol. The van der Waals surface area contributed by atoms with E-state index >= 15 is 0 Å². The first kappa shape index (κ1) is 12.6. The Kier molecular flexibility index (Phi) is 3.95. The number of alkyl halides is 2. The average Bonchev–Trinajstić information content (AvgIpc) is 2.17. The number of rotatable bonds is 5. The Morgan fingerprint density at radius 2 is 1.94 bits per heavy atom. The number of carbonyl (C=O) groups excluding carboxylic acids is 1. The summed E-state index contributed by atoms with van der Waals surface area (Å²) in [7, 11) is 0. The molecule has 88 valence electrons. The summed E-state index contributed by atoms with van der Waals surface area (Å²) >= 11 is 0. The van der Waals surface area contributed by atoms with Gasteiger partial charge < -0.3 is 15.6 Å². The largest absolute Gasteiger partial charge is 0.548 e. The van der Waals surface area contributed by atoms with E-state index in [2.05, 4.69) is 0 Å². The summed E-state index contributed by atoms with van der Waals surface area (Å²) in [6, 6.07) is 6.47. The molecule has 5 heteroatoms. The molecule has 0 amide bonds. The summed E-state index contributed by atoms with van der Waals surface area (Å²) < 4.78 is 26.7. The fraction of sp³-hybridized carbons (Fsp3) is 0.364. The fourth-order valence-corrected chi connectivity index (χ4v) is 1.37. The molecule has 0 unspecified atom stereocenters. The van der Waals surface area contributed by atoms with Crippen LogP contribution in [-0.4, -0.2) is 17.9 Å². The molecular weight excluding hydrogens is 216 g/mol. The number of hydrogen-bond donors (Lipinski definition) is 1. The Morgan fingerprint density at radius 3 is 2.44 bits per heavy atom. The molecule has 0 aromatic heterocycles. The number of aliphatic carboxylic acids is 1. The molecule has 0 bridgehead atoms. The fourth-order valence-electron chi connectivity index (χ4n) is 1.37. The number of halogens is 2. The van der Waals surface area contributed by atoms with Gasteiger partial charge in [0.25, 0.3) is 5.92 Å². The molecule has 1 aromatic rings. The Hall–Kier alpha value is -1.49. The van der Waals surface area contributed by atoms with Crippen LogP contribution in [0.3, 0.4) is 0 Å². The predicted octanol–water partition coefficient (Wildman–Crippen LogP) is 0.332. The van der Waals surface area contributed by atoms with Gasteiger partial charge in [-0.05, 0) is 5.56 Å². The summed E-state index contributed by atoms with van der Waals surface area (Å²) in [5, 5.41) is 10.3. The summed E-state index contributed by atoms with van der Waals surface area (Å²) in [4.78, 5) is 10.3. The van der Waals surface area contributed by atoms with Crippen LogP contribution in [0.15, 0.2) is 30.3 Å². The van der Waals surface area contributed by atoms with Gasteiger partial charge in [0.2, 0.25) is 0 Å². The number of carbonyl (C=O) groups is 1. The van der Waals surface area contributed by atoms with Crippen molar-refractivity contribution in [2.75, 3.05) is 0 Å². The SMILES string of the molecule is N[C@@H](CC(F)(F)Cc1ccccc1)C(=O)[O-]. The summed E-state index contributed by atoms with van der Waals surface area (Å²) in [6.45, 7) is 0. The molecule has 0 spiro atoms. The molecule has 1 rings (SSSR count). The van der Waals surface area contributed by atoms with Crippen LogP contribution in [0.2, 0.25) is 0 Å². The molecule has 3 nitrogen and oxygen atoms in total. The Morgan fingerprint density at radius 1 is 1.38 bits per heavy atom. The third-order valence-corrected chi connectivity index (χ3v) is 2.13. The molecule has 1 atom stereocenters.